The summed E-state index contributed by atoms with van der Waals surface area (Å²) >= 11 is 0. The Morgan fingerprint density at radius 3 is 2.60 bits per heavy atom. The lowest BCUT2D eigenvalue weighted by Crippen LogP contribution is -2.41. The molecule has 0 saturated carbocycles. The molecule has 0 aliphatic heterocycles. The quantitative estimate of drug-likeness (QED) is 0.724. The lowest BCUT2D eigenvalue weighted by Gasteiger charge is -2.19. The minimum absolute atomic E-state index is 0.193. The molecule has 0 radical (unpaired) electrons. The first kappa shape index (κ1) is 18.8. The molecule has 0 spiro atoms. The minimum Gasteiger partial charge on any atom is -0.496 e. The van der Waals surface area contributed by atoms with Crippen LogP contribution in [0.25, 0.3) is 0 Å². The number of amides is 2. The maximum absolute atomic E-state index is 12.1. The van der Waals surface area contributed by atoms with Crippen molar-refractivity contribution in [2.24, 2.45) is 0 Å². The van der Waals surface area contributed by atoms with E-state index < -0.39 is 6.10 Å². The van der Waals surface area contributed by atoms with Gasteiger partial charge in [0.1, 0.15) is 5.75 Å². The number of aliphatic hydroxyl groups is 1. The van der Waals surface area contributed by atoms with Gasteiger partial charge in [-0.2, -0.15) is 0 Å². The van der Waals surface area contributed by atoms with Crippen molar-refractivity contribution < 1.29 is 14.6 Å². The summed E-state index contributed by atoms with van der Waals surface area (Å²) in [4.78, 5) is 12.1. The summed E-state index contributed by atoms with van der Waals surface area (Å²) < 4.78 is 5.36. The Balaban J connectivity index is 1.84. The summed E-state index contributed by atoms with van der Waals surface area (Å²) in [5.74, 6) is 0.738. The highest BCUT2D eigenvalue weighted by Gasteiger charge is 2.15. The van der Waals surface area contributed by atoms with Crippen molar-refractivity contribution in [3.05, 3.63) is 65.2 Å². The molecule has 0 saturated heterocycles. The monoisotopic (exact) mass is 342 g/mol. The third-order valence-corrected chi connectivity index (χ3v) is 4.01. The van der Waals surface area contributed by atoms with Crippen molar-refractivity contribution in [3.63, 3.8) is 0 Å². The summed E-state index contributed by atoms with van der Waals surface area (Å²) in [5, 5.41) is 15.6. The number of benzene rings is 2. The normalized spacial score (nSPS) is 13.0. The number of aryl methyl sites for hydroxylation is 1. The second-order valence-corrected chi connectivity index (χ2v) is 6.17. The molecule has 0 heterocycles. The fourth-order valence-corrected chi connectivity index (χ4v) is 2.69. The van der Waals surface area contributed by atoms with Crippen molar-refractivity contribution in [1.82, 2.24) is 10.6 Å². The Kier molecular flexibility index (Phi) is 6.83. The van der Waals surface area contributed by atoms with Crippen LogP contribution >= 0.6 is 0 Å². The van der Waals surface area contributed by atoms with Gasteiger partial charge in [0, 0.05) is 18.5 Å². The summed E-state index contributed by atoms with van der Waals surface area (Å²) in [6, 6.07) is 15.0. The molecule has 2 rings (SSSR count). The van der Waals surface area contributed by atoms with Gasteiger partial charge in [0.05, 0.1) is 19.3 Å². The van der Waals surface area contributed by atoms with Crippen LogP contribution in [0, 0.1) is 6.92 Å². The summed E-state index contributed by atoms with van der Waals surface area (Å²) in [7, 11) is 1.61. The average molecular weight is 342 g/mol. The molecule has 2 amide bonds. The number of urea groups is 1. The van der Waals surface area contributed by atoms with Crippen LogP contribution in [0.5, 0.6) is 5.75 Å². The Hall–Kier alpha value is -2.53. The molecule has 0 fully saturated rings. The number of carbonyl (C=O) groups excluding carboxylic acids is 1. The van der Waals surface area contributed by atoms with Gasteiger partial charge < -0.3 is 20.5 Å². The first-order chi connectivity index (χ1) is 12.0. The third kappa shape index (κ3) is 5.80. The first-order valence-electron chi connectivity index (χ1n) is 8.40. The molecule has 3 N–H and O–H groups in total. The van der Waals surface area contributed by atoms with E-state index in [-0.39, 0.29) is 18.6 Å². The van der Waals surface area contributed by atoms with Gasteiger partial charge in [0.15, 0.2) is 0 Å². The van der Waals surface area contributed by atoms with Gasteiger partial charge in [0.2, 0.25) is 0 Å². The van der Waals surface area contributed by atoms with Crippen LogP contribution in [0.4, 0.5) is 4.79 Å². The van der Waals surface area contributed by atoms with Crippen LogP contribution in [0.1, 0.15) is 29.7 Å². The maximum Gasteiger partial charge on any atom is 0.315 e. The van der Waals surface area contributed by atoms with Crippen molar-refractivity contribution in [2.75, 3.05) is 13.7 Å². The van der Waals surface area contributed by atoms with Crippen LogP contribution in [-0.4, -0.2) is 30.9 Å². The molecule has 2 aromatic carbocycles. The van der Waals surface area contributed by atoms with Gasteiger partial charge >= 0.3 is 6.03 Å². The molecule has 2 atom stereocenters. The smallest absolute Gasteiger partial charge is 0.315 e. The highest BCUT2D eigenvalue weighted by Crippen LogP contribution is 2.25. The van der Waals surface area contributed by atoms with Crippen molar-refractivity contribution in [2.45, 2.75) is 32.4 Å². The van der Waals surface area contributed by atoms with Crippen molar-refractivity contribution in [3.8, 4) is 5.75 Å². The largest absolute Gasteiger partial charge is 0.496 e. The molecule has 5 nitrogen and oxygen atoms in total. The van der Waals surface area contributed by atoms with E-state index in [2.05, 4.69) is 10.6 Å². The van der Waals surface area contributed by atoms with E-state index in [0.29, 0.717) is 6.42 Å². The zero-order chi connectivity index (χ0) is 18.2. The van der Waals surface area contributed by atoms with Gasteiger partial charge in [-0.15, -0.1) is 0 Å². The number of methoxy groups -OCH3 is 1. The van der Waals surface area contributed by atoms with Crippen LogP contribution in [0.3, 0.4) is 0 Å². The SMILES string of the molecule is COc1ccc(C)cc1C(C)NC(=O)NCC(O)Cc1ccccc1. The van der Waals surface area contributed by atoms with Gasteiger partial charge in [-0.05, 0) is 25.5 Å². The lowest BCUT2D eigenvalue weighted by atomic mass is 10.0. The first-order valence-corrected chi connectivity index (χ1v) is 8.40. The number of carbonyl (C=O) groups is 1. The van der Waals surface area contributed by atoms with E-state index in [1.807, 2.05) is 62.4 Å². The fourth-order valence-electron chi connectivity index (χ4n) is 2.69. The zero-order valence-corrected chi connectivity index (χ0v) is 15.0. The van der Waals surface area contributed by atoms with E-state index in [4.69, 9.17) is 4.74 Å². The lowest BCUT2D eigenvalue weighted by molar-refractivity contribution is 0.170. The predicted molar refractivity (Wildman–Crippen MR) is 98.8 cm³/mol. The number of hydrogen-bond donors (Lipinski definition) is 3. The summed E-state index contributed by atoms with van der Waals surface area (Å²) in [6.07, 6.45) is -0.125. The Morgan fingerprint density at radius 1 is 1.20 bits per heavy atom. The molecule has 25 heavy (non-hydrogen) atoms. The number of nitrogens with one attached hydrogen (secondary N) is 2. The van der Waals surface area contributed by atoms with E-state index >= 15 is 0 Å². The molecule has 0 aliphatic carbocycles. The fraction of sp³-hybridized carbons (Fsp3) is 0.350. The van der Waals surface area contributed by atoms with E-state index in [1.165, 1.54) is 0 Å². The molecular weight excluding hydrogens is 316 g/mol. The zero-order valence-electron chi connectivity index (χ0n) is 15.0. The van der Waals surface area contributed by atoms with Gasteiger partial charge in [-0.25, -0.2) is 4.79 Å². The third-order valence-electron chi connectivity index (χ3n) is 4.01. The molecule has 134 valence electrons. The Morgan fingerprint density at radius 2 is 1.92 bits per heavy atom. The van der Waals surface area contributed by atoms with Crippen molar-refractivity contribution >= 4 is 6.03 Å². The van der Waals surface area contributed by atoms with E-state index in [1.54, 1.807) is 7.11 Å². The van der Waals surface area contributed by atoms with Gasteiger partial charge in [0.25, 0.3) is 0 Å². The Bertz CT molecular complexity index is 689. The average Bonchev–Trinajstić information content (AvgIpc) is 2.60. The van der Waals surface area contributed by atoms with Crippen molar-refractivity contribution in [1.29, 1.82) is 0 Å². The molecular formula is C20H26N2O3. The Labute approximate surface area is 149 Å². The molecule has 5 heteroatoms. The molecule has 0 aliphatic rings. The van der Waals surface area contributed by atoms with Gasteiger partial charge in [-0.1, -0.05) is 48.0 Å². The summed E-state index contributed by atoms with van der Waals surface area (Å²) in [5.41, 5.74) is 3.06. The second kappa shape index (κ2) is 9.08. The number of rotatable bonds is 7. The topological polar surface area (TPSA) is 70.6 Å². The summed E-state index contributed by atoms with van der Waals surface area (Å²) in [6.45, 7) is 4.09. The predicted octanol–water partition coefficient (Wildman–Crippen LogP) is 2.97. The number of hydrogen-bond acceptors (Lipinski definition) is 3. The number of ether oxygens (including phenoxy) is 1. The van der Waals surface area contributed by atoms with E-state index in [0.717, 1.165) is 22.4 Å². The molecule has 2 unspecified atom stereocenters. The molecule has 2 aromatic rings. The number of aliphatic hydroxyl groups excluding tert-OH is 1. The second-order valence-electron chi connectivity index (χ2n) is 6.17. The molecule has 0 aromatic heterocycles. The van der Waals surface area contributed by atoms with Crippen LogP contribution in [-0.2, 0) is 6.42 Å². The van der Waals surface area contributed by atoms with Gasteiger partial charge in [-0.3, -0.25) is 0 Å². The van der Waals surface area contributed by atoms with Crippen LogP contribution < -0.4 is 15.4 Å². The standard InChI is InChI=1S/C20H26N2O3/c1-14-9-10-19(25-3)18(11-14)15(2)22-20(24)21-13-17(23)12-16-7-5-4-6-8-16/h4-11,15,17,23H,12-13H2,1-3H3,(H2,21,22,24). The van der Waals surface area contributed by atoms with Crippen LogP contribution in [0.15, 0.2) is 48.5 Å². The highest BCUT2D eigenvalue weighted by molar-refractivity contribution is 5.74. The van der Waals surface area contributed by atoms with Crippen LogP contribution in [0.2, 0.25) is 0 Å². The minimum atomic E-state index is -0.628. The highest BCUT2D eigenvalue weighted by atomic mass is 16.5. The van der Waals surface area contributed by atoms with E-state index in [9.17, 15) is 9.90 Å². The molecule has 0 bridgehead atoms. The maximum atomic E-state index is 12.1.